The summed E-state index contributed by atoms with van der Waals surface area (Å²) in [4.78, 5) is 34.2. The number of amides is 1. The smallest absolute Gasteiger partial charge is 0.318 e. The Morgan fingerprint density at radius 2 is 1.91 bits per heavy atom. The molecule has 0 saturated carbocycles. The highest BCUT2D eigenvalue weighted by Gasteiger charge is 2.45. The minimum absolute atomic E-state index is 0.0106. The predicted molar refractivity (Wildman–Crippen MR) is 173 cm³/mol. The van der Waals surface area contributed by atoms with E-state index in [2.05, 4.69) is 26.1 Å². The van der Waals surface area contributed by atoms with Crippen LogP contribution in [0.1, 0.15) is 36.9 Å². The Morgan fingerprint density at radius 1 is 1.11 bits per heavy atom. The first-order valence-corrected chi connectivity index (χ1v) is 16.3. The SMILES string of the molecule is [C-]#[N+]C[C@H]1CN(c2nc(OCC34CCCN3CCC4)nc3c2CCN(c2cccc4ccc(F)c(Cl)c24)C3)CCN1C(=O)C(=C)F. The number of carbonyl (C=O) groups is 1. The molecule has 2 aromatic carbocycles. The number of halogens is 3. The molecule has 4 aliphatic rings. The molecule has 3 aromatic rings. The third kappa shape index (κ3) is 5.41. The van der Waals surface area contributed by atoms with Crippen LogP contribution < -0.4 is 14.5 Å². The van der Waals surface area contributed by atoms with Crippen LogP contribution in [0.25, 0.3) is 15.6 Å². The molecular weight excluding hydrogens is 612 g/mol. The van der Waals surface area contributed by atoms with Crippen molar-refractivity contribution in [3.63, 3.8) is 0 Å². The highest BCUT2D eigenvalue weighted by molar-refractivity contribution is 6.36. The molecule has 0 unspecified atom stereocenters. The monoisotopic (exact) mass is 647 g/mol. The molecular formula is C34H36ClF2N7O2. The molecule has 7 rings (SSSR count). The van der Waals surface area contributed by atoms with Gasteiger partial charge in [-0.2, -0.15) is 9.97 Å². The second kappa shape index (κ2) is 12.3. The van der Waals surface area contributed by atoms with Gasteiger partial charge in [-0.3, -0.25) is 9.69 Å². The molecule has 0 spiro atoms. The van der Waals surface area contributed by atoms with Crippen LogP contribution >= 0.6 is 11.6 Å². The average Bonchev–Trinajstić information content (AvgIpc) is 3.65. The van der Waals surface area contributed by atoms with Crippen molar-refractivity contribution in [2.24, 2.45) is 0 Å². The average molecular weight is 648 g/mol. The molecule has 3 fully saturated rings. The van der Waals surface area contributed by atoms with E-state index in [0.717, 1.165) is 66.9 Å². The third-order valence-electron chi connectivity index (χ3n) is 10.1. The lowest BCUT2D eigenvalue weighted by Crippen LogP contribution is -2.57. The number of anilines is 2. The number of benzene rings is 2. The number of nitrogens with zero attached hydrogens (tertiary/aromatic N) is 7. The first-order valence-electron chi connectivity index (χ1n) is 15.9. The predicted octanol–water partition coefficient (Wildman–Crippen LogP) is 5.41. The molecule has 0 bridgehead atoms. The molecule has 0 N–H and O–H groups in total. The Morgan fingerprint density at radius 3 is 2.67 bits per heavy atom. The van der Waals surface area contributed by atoms with E-state index in [9.17, 15) is 13.6 Å². The zero-order valence-electron chi connectivity index (χ0n) is 25.7. The minimum atomic E-state index is -1.03. The van der Waals surface area contributed by atoms with Crippen molar-refractivity contribution in [2.75, 3.05) is 62.2 Å². The van der Waals surface area contributed by atoms with Crippen molar-refractivity contribution in [1.82, 2.24) is 19.8 Å². The maximum absolute atomic E-state index is 14.6. The van der Waals surface area contributed by atoms with Crippen LogP contribution in [0.2, 0.25) is 5.02 Å². The summed E-state index contributed by atoms with van der Waals surface area (Å²) in [6, 6.07) is 8.72. The summed E-state index contributed by atoms with van der Waals surface area (Å²) in [5.41, 5.74) is 2.62. The molecule has 0 aliphatic carbocycles. The summed E-state index contributed by atoms with van der Waals surface area (Å²) < 4.78 is 34.9. The van der Waals surface area contributed by atoms with E-state index in [4.69, 9.17) is 32.9 Å². The van der Waals surface area contributed by atoms with E-state index >= 15 is 0 Å². The first kappa shape index (κ1) is 30.6. The zero-order valence-corrected chi connectivity index (χ0v) is 26.4. The van der Waals surface area contributed by atoms with Crippen LogP contribution in [0.15, 0.2) is 42.7 Å². The maximum atomic E-state index is 14.6. The quantitative estimate of drug-likeness (QED) is 0.251. The molecule has 1 aromatic heterocycles. The van der Waals surface area contributed by atoms with Crippen LogP contribution in [0.3, 0.4) is 0 Å². The van der Waals surface area contributed by atoms with Crippen LogP contribution in [0.5, 0.6) is 6.01 Å². The Labute approximate surface area is 272 Å². The molecule has 46 heavy (non-hydrogen) atoms. The highest BCUT2D eigenvalue weighted by atomic mass is 35.5. The molecule has 1 amide bonds. The van der Waals surface area contributed by atoms with Crippen LogP contribution in [-0.4, -0.2) is 89.7 Å². The maximum Gasteiger partial charge on any atom is 0.318 e. The summed E-state index contributed by atoms with van der Waals surface area (Å²) in [5.74, 6) is -1.55. The van der Waals surface area contributed by atoms with Crippen molar-refractivity contribution >= 4 is 39.8 Å². The largest absolute Gasteiger partial charge is 0.461 e. The topological polar surface area (TPSA) is 69.4 Å². The van der Waals surface area contributed by atoms with Crippen LogP contribution in [0.4, 0.5) is 20.3 Å². The van der Waals surface area contributed by atoms with E-state index in [0.29, 0.717) is 50.6 Å². The number of carbonyl (C=O) groups excluding carboxylic acids is 1. The van der Waals surface area contributed by atoms with Gasteiger partial charge < -0.3 is 24.3 Å². The van der Waals surface area contributed by atoms with Crippen molar-refractivity contribution in [1.29, 1.82) is 0 Å². The van der Waals surface area contributed by atoms with Gasteiger partial charge in [-0.05, 0) is 62.7 Å². The number of piperazine rings is 1. The van der Waals surface area contributed by atoms with Gasteiger partial charge in [0.1, 0.15) is 24.3 Å². The number of hydrogen-bond acceptors (Lipinski definition) is 7. The van der Waals surface area contributed by atoms with Crippen molar-refractivity contribution in [2.45, 2.75) is 50.2 Å². The second-order valence-electron chi connectivity index (χ2n) is 12.7. The molecule has 240 valence electrons. The van der Waals surface area contributed by atoms with Gasteiger partial charge in [-0.15, -0.1) is 0 Å². The van der Waals surface area contributed by atoms with E-state index in [1.54, 1.807) is 6.07 Å². The normalized spacial score (nSPS) is 20.8. The van der Waals surface area contributed by atoms with Gasteiger partial charge in [0.15, 0.2) is 5.83 Å². The van der Waals surface area contributed by atoms with E-state index in [1.807, 2.05) is 18.2 Å². The lowest BCUT2D eigenvalue weighted by atomic mass is 9.95. The van der Waals surface area contributed by atoms with E-state index < -0.39 is 23.6 Å². The van der Waals surface area contributed by atoms with Crippen LogP contribution in [0, 0.1) is 12.4 Å². The standard InChI is InChI=1S/C34H36ClF2N7O2/c1-22(36)32(45)44-17-16-42(19-24(44)18-38-2)31-25-10-15-41(28-7-3-6-23-8-9-26(37)30(35)29(23)28)20-27(25)39-33(40-31)46-21-34-11-4-13-43(34)14-5-12-34/h3,6-9,24H,1,4-5,10-21H2/t24-/m0/s1. The Hall–Kier alpha value is -4.01. The molecule has 5 heterocycles. The van der Waals surface area contributed by atoms with Gasteiger partial charge in [-0.25, -0.2) is 15.4 Å². The van der Waals surface area contributed by atoms with Crippen molar-refractivity contribution in [3.05, 3.63) is 76.3 Å². The van der Waals surface area contributed by atoms with Gasteiger partial charge in [0.05, 0.1) is 22.8 Å². The Kier molecular flexibility index (Phi) is 8.19. The fourth-order valence-corrected chi connectivity index (χ4v) is 8.14. The summed E-state index contributed by atoms with van der Waals surface area (Å²) in [6.07, 6.45) is 5.09. The number of rotatable bonds is 7. The van der Waals surface area contributed by atoms with Gasteiger partial charge >= 0.3 is 6.01 Å². The number of fused-ring (bicyclic) bond motifs is 3. The zero-order chi connectivity index (χ0) is 32.0. The molecule has 1 atom stereocenters. The summed E-state index contributed by atoms with van der Waals surface area (Å²) in [7, 11) is 0. The number of aromatic nitrogens is 2. The lowest BCUT2D eigenvalue weighted by Gasteiger charge is -2.41. The molecule has 4 aliphatic heterocycles. The fraction of sp³-hybridized carbons (Fsp3) is 0.471. The van der Waals surface area contributed by atoms with Crippen LogP contribution in [-0.2, 0) is 17.8 Å². The Bertz CT molecular complexity index is 1740. The van der Waals surface area contributed by atoms with E-state index in [-0.39, 0.29) is 23.7 Å². The second-order valence-corrected chi connectivity index (χ2v) is 13.1. The summed E-state index contributed by atoms with van der Waals surface area (Å²) in [5, 5.41) is 1.61. The van der Waals surface area contributed by atoms with Crippen molar-refractivity contribution in [3.8, 4) is 6.01 Å². The third-order valence-corrected chi connectivity index (χ3v) is 10.5. The van der Waals surface area contributed by atoms with Gasteiger partial charge in [-0.1, -0.05) is 36.4 Å². The lowest BCUT2D eigenvalue weighted by molar-refractivity contribution is -0.131. The van der Waals surface area contributed by atoms with Gasteiger partial charge in [0, 0.05) is 42.8 Å². The van der Waals surface area contributed by atoms with Crippen molar-refractivity contribution < 1.29 is 18.3 Å². The molecule has 9 nitrogen and oxygen atoms in total. The molecule has 3 saturated heterocycles. The molecule has 12 heteroatoms. The minimum Gasteiger partial charge on any atom is -0.461 e. The molecule has 0 radical (unpaired) electrons. The Balaban J connectivity index is 1.24. The highest BCUT2D eigenvalue weighted by Crippen LogP contribution is 2.41. The number of ether oxygens (including phenoxy) is 1. The number of hydrogen-bond donors (Lipinski definition) is 0. The van der Waals surface area contributed by atoms with E-state index in [1.165, 1.54) is 11.0 Å². The summed E-state index contributed by atoms with van der Waals surface area (Å²) in [6.45, 7) is 15.4. The van der Waals surface area contributed by atoms with Gasteiger partial charge in [0.2, 0.25) is 6.54 Å². The first-order chi connectivity index (χ1) is 22.3. The van der Waals surface area contributed by atoms with Gasteiger partial charge in [0.25, 0.3) is 5.91 Å². The summed E-state index contributed by atoms with van der Waals surface area (Å²) >= 11 is 6.51. The fourth-order valence-electron chi connectivity index (χ4n) is 7.87.